The van der Waals surface area contributed by atoms with Gasteiger partial charge in [-0.25, -0.2) is 0 Å². The van der Waals surface area contributed by atoms with Crippen LogP contribution in [0.5, 0.6) is 0 Å². The van der Waals surface area contributed by atoms with Gasteiger partial charge in [0.25, 0.3) is 0 Å². The lowest BCUT2D eigenvalue weighted by Crippen LogP contribution is -2.30. The summed E-state index contributed by atoms with van der Waals surface area (Å²) in [6.07, 6.45) is 65.6. The fraction of sp³-hybridized carbons (Fsp3) is 0.702. The Morgan fingerprint density at radius 1 is 0.317 bits per heavy atom. The van der Waals surface area contributed by atoms with E-state index in [0.29, 0.717) is 19.3 Å². The molecule has 0 bridgehead atoms. The van der Waals surface area contributed by atoms with Gasteiger partial charge in [0.2, 0.25) is 0 Å². The normalized spacial score (nSPS) is 12.7. The molecular formula is C57H96O6. The second-order valence-electron chi connectivity index (χ2n) is 17.2. The minimum atomic E-state index is -0.793. The van der Waals surface area contributed by atoms with Gasteiger partial charge in [0.1, 0.15) is 13.2 Å². The third-order valence-corrected chi connectivity index (χ3v) is 11.0. The van der Waals surface area contributed by atoms with E-state index in [0.717, 1.165) is 103 Å². The van der Waals surface area contributed by atoms with Crippen molar-refractivity contribution in [2.24, 2.45) is 0 Å². The lowest BCUT2D eigenvalue weighted by Gasteiger charge is -2.18. The van der Waals surface area contributed by atoms with Gasteiger partial charge < -0.3 is 14.2 Å². The number of hydrogen-bond donors (Lipinski definition) is 0. The molecule has 0 aliphatic carbocycles. The van der Waals surface area contributed by atoms with Crippen molar-refractivity contribution in [1.29, 1.82) is 0 Å². The molecule has 0 saturated heterocycles. The molecule has 63 heavy (non-hydrogen) atoms. The molecule has 0 spiro atoms. The molecule has 0 aromatic carbocycles. The Bertz CT molecular complexity index is 1240. The quantitative estimate of drug-likeness (QED) is 0.0262. The molecule has 0 radical (unpaired) electrons. The standard InChI is InChI=1S/C57H96O6/c1-4-7-10-13-16-19-21-23-25-27-29-31-33-35-38-41-44-47-50-56(59)62-53-54(52-61-55(58)49-46-43-40-37-18-15-12-9-6-3)63-57(60)51-48-45-42-39-36-34-32-30-28-26-24-22-20-17-14-11-8-5-2/h10,13,16,19,21,23,25-32,54H,4-9,11-12,14-15,17-18,20,22,24,33-53H2,1-3H3/b13-10-,19-16-,23-21-,27-25-,28-26-,31-29-,32-30-. The summed E-state index contributed by atoms with van der Waals surface area (Å²) >= 11 is 0. The van der Waals surface area contributed by atoms with Crippen molar-refractivity contribution in [3.8, 4) is 0 Å². The first-order valence-electron chi connectivity index (χ1n) is 26.2. The van der Waals surface area contributed by atoms with E-state index < -0.39 is 6.10 Å². The molecule has 6 heteroatoms. The smallest absolute Gasteiger partial charge is 0.306 e. The van der Waals surface area contributed by atoms with E-state index >= 15 is 0 Å². The van der Waals surface area contributed by atoms with E-state index in [2.05, 4.69) is 81.5 Å². The zero-order valence-corrected chi connectivity index (χ0v) is 41.1. The maximum Gasteiger partial charge on any atom is 0.306 e. The molecule has 6 nitrogen and oxygen atoms in total. The topological polar surface area (TPSA) is 78.9 Å². The highest BCUT2D eigenvalue weighted by Crippen LogP contribution is 2.14. The number of carbonyl (C=O) groups is 3. The van der Waals surface area contributed by atoms with Crippen molar-refractivity contribution in [2.45, 2.75) is 245 Å². The minimum Gasteiger partial charge on any atom is -0.462 e. The molecule has 0 N–H and O–H groups in total. The van der Waals surface area contributed by atoms with Crippen molar-refractivity contribution in [1.82, 2.24) is 0 Å². The largest absolute Gasteiger partial charge is 0.462 e. The molecule has 0 aliphatic heterocycles. The number of hydrogen-bond acceptors (Lipinski definition) is 6. The highest BCUT2D eigenvalue weighted by atomic mass is 16.6. The van der Waals surface area contributed by atoms with Crippen LogP contribution in [0.3, 0.4) is 0 Å². The summed E-state index contributed by atoms with van der Waals surface area (Å²) in [6.45, 7) is 6.49. The molecule has 0 aromatic rings. The first kappa shape index (κ1) is 59.6. The Kier molecular flexibility index (Phi) is 48.5. The molecule has 0 fully saturated rings. The molecular weight excluding hydrogens is 781 g/mol. The average Bonchev–Trinajstić information content (AvgIpc) is 3.28. The van der Waals surface area contributed by atoms with E-state index in [9.17, 15) is 14.4 Å². The first-order chi connectivity index (χ1) is 31.0. The van der Waals surface area contributed by atoms with E-state index in [4.69, 9.17) is 14.2 Å². The van der Waals surface area contributed by atoms with Gasteiger partial charge in [-0.15, -0.1) is 0 Å². The van der Waals surface area contributed by atoms with Gasteiger partial charge in [-0.05, 0) is 64.2 Å². The van der Waals surface area contributed by atoms with Crippen LogP contribution in [0.15, 0.2) is 85.1 Å². The lowest BCUT2D eigenvalue weighted by atomic mass is 10.1. The average molecular weight is 877 g/mol. The number of unbranched alkanes of at least 4 members (excludes halogenated alkanes) is 26. The van der Waals surface area contributed by atoms with Crippen LogP contribution in [-0.2, 0) is 28.6 Å². The predicted octanol–water partition coefficient (Wildman–Crippen LogP) is 17.2. The van der Waals surface area contributed by atoms with Crippen LogP contribution in [0.25, 0.3) is 0 Å². The number of ether oxygens (including phenoxy) is 3. The Labute approximate surface area is 388 Å². The van der Waals surface area contributed by atoms with Crippen LogP contribution in [0.2, 0.25) is 0 Å². The summed E-state index contributed by atoms with van der Waals surface area (Å²) in [7, 11) is 0. The number of rotatable bonds is 46. The molecule has 1 atom stereocenters. The second-order valence-corrected chi connectivity index (χ2v) is 17.2. The lowest BCUT2D eigenvalue weighted by molar-refractivity contribution is -0.167. The van der Waals surface area contributed by atoms with Crippen LogP contribution < -0.4 is 0 Å². The fourth-order valence-corrected chi connectivity index (χ4v) is 7.05. The highest BCUT2D eigenvalue weighted by Gasteiger charge is 2.19. The van der Waals surface area contributed by atoms with Gasteiger partial charge in [0, 0.05) is 19.3 Å². The van der Waals surface area contributed by atoms with Crippen molar-refractivity contribution >= 4 is 17.9 Å². The van der Waals surface area contributed by atoms with Crippen molar-refractivity contribution < 1.29 is 28.6 Å². The Hall–Kier alpha value is -3.41. The summed E-state index contributed by atoms with van der Waals surface area (Å²) in [5.74, 6) is -0.935. The maximum absolute atomic E-state index is 12.8. The zero-order valence-electron chi connectivity index (χ0n) is 41.1. The number of esters is 3. The maximum atomic E-state index is 12.8. The van der Waals surface area contributed by atoms with Crippen molar-refractivity contribution in [3.63, 3.8) is 0 Å². The molecule has 0 rings (SSSR count). The predicted molar refractivity (Wildman–Crippen MR) is 270 cm³/mol. The minimum absolute atomic E-state index is 0.0909. The third kappa shape index (κ3) is 49.5. The third-order valence-electron chi connectivity index (χ3n) is 11.0. The Morgan fingerprint density at radius 3 is 0.968 bits per heavy atom. The monoisotopic (exact) mass is 877 g/mol. The summed E-state index contributed by atoms with van der Waals surface area (Å²) < 4.78 is 16.7. The van der Waals surface area contributed by atoms with Gasteiger partial charge in [0.05, 0.1) is 0 Å². The Morgan fingerprint density at radius 2 is 0.603 bits per heavy atom. The molecule has 1 unspecified atom stereocenters. The zero-order chi connectivity index (χ0) is 45.8. The van der Waals surface area contributed by atoms with Gasteiger partial charge >= 0.3 is 17.9 Å². The fourth-order valence-electron chi connectivity index (χ4n) is 7.05. The van der Waals surface area contributed by atoms with E-state index in [1.165, 1.54) is 96.3 Å². The van der Waals surface area contributed by atoms with E-state index in [-0.39, 0.29) is 31.1 Å². The molecule has 0 aliphatic rings. The summed E-state index contributed by atoms with van der Waals surface area (Å²) in [6, 6.07) is 0. The first-order valence-corrected chi connectivity index (χ1v) is 26.2. The van der Waals surface area contributed by atoms with Crippen LogP contribution in [-0.4, -0.2) is 37.2 Å². The molecule has 0 amide bonds. The Balaban J connectivity index is 4.42. The van der Waals surface area contributed by atoms with Crippen molar-refractivity contribution in [2.75, 3.05) is 13.2 Å². The molecule has 0 heterocycles. The van der Waals surface area contributed by atoms with E-state index in [1.54, 1.807) is 0 Å². The molecule has 0 saturated carbocycles. The van der Waals surface area contributed by atoms with Crippen LogP contribution in [0.1, 0.15) is 239 Å². The summed E-state index contributed by atoms with van der Waals surface area (Å²) in [5.41, 5.74) is 0. The second kappa shape index (κ2) is 51.2. The van der Waals surface area contributed by atoms with Gasteiger partial charge in [-0.3, -0.25) is 14.4 Å². The van der Waals surface area contributed by atoms with Crippen LogP contribution in [0, 0.1) is 0 Å². The van der Waals surface area contributed by atoms with Crippen LogP contribution in [0.4, 0.5) is 0 Å². The van der Waals surface area contributed by atoms with Crippen molar-refractivity contribution in [3.05, 3.63) is 85.1 Å². The highest BCUT2D eigenvalue weighted by molar-refractivity contribution is 5.71. The SMILES string of the molecule is CCC\C=C/C=C\C=C/C=C\C=C/CCCCCCCC(=O)OCC(COC(=O)CCCCCCCCCCC)OC(=O)CCCCCCC/C=C\C=C/CCCCCCCCC. The van der Waals surface area contributed by atoms with Gasteiger partial charge in [-0.1, -0.05) is 241 Å². The summed E-state index contributed by atoms with van der Waals surface area (Å²) in [5, 5.41) is 0. The van der Waals surface area contributed by atoms with Gasteiger partial charge in [0.15, 0.2) is 6.10 Å². The van der Waals surface area contributed by atoms with Crippen LogP contribution >= 0.6 is 0 Å². The van der Waals surface area contributed by atoms with E-state index in [1.807, 2.05) is 24.3 Å². The van der Waals surface area contributed by atoms with Gasteiger partial charge in [-0.2, -0.15) is 0 Å². The molecule has 360 valence electrons. The molecule has 0 aromatic heterocycles. The summed E-state index contributed by atoms with van der Waals surface area (Å²) in [4.78, 5) is 37.9. The number of allylic oxidation sites excluding steroid dienone is 14. The number of carbonyl (C=O) groups excluding carboxylic acids is 3.